The molecule has 1 aromatic carbocycles. The summed E-state index contributed by atoms with van der Waals surface area (Å²) in [6.45, 7) is 1.85. The van der Waals surface area contributed by atoms with Crippen LogP contribution in [0.1, 0.15) is 24.2 Å². The lowest BCUT2D eigenvalue weighted by Crippen LogP contribution is -2.14. The molecule has 0 aliphatic carbocycles. The molecule has 24 heavy (non-hydrogen) atoms. The minimum atomic E-state index is -4.53. The molecule has 7 heteroatoms. The van der Waals surface area contributed by atoms with Crippen molar-refractivity contribution in [1.82, 2.24) is 9.97 Å². The Balaban J connectivity index is 1.96. The summed E-state index contributed by atoms with van der Waals surface area (Å²) in [5.41, 5.74) is 0.245. The summed E-state index contributed by atoms with van der Waals surface area (Å²) in [7, 11) is 0. The molecule has 0 saturated heterocycles. The molecule has 0 fully saturated rings. The third-order valence-corrected chi connectivity index (χ3v) is 4.33. The third kappa shape index (κ3) is 3.73. The molecule has 0 bridgehead atoms. The van der Waals surface area contributed by atoms with Crippen molar-refractivity contribution < 1.29 is 13.2 Å². The summed E-state index contributed by atoms with van der Waals surface area (Å²) < 4.78 is 39.4. The fourth-order valence-electron chi connectivity index (χ4n) is 2.23. The first-order valence-corrected chi connectivity index (χ1v) is 8.13. The summed E-state index contributed by atoms with van der Waals surface area (Å²) in [5.74, 6) is -0.0374. The number of hydrogen-bond acceptors (Lipinski definition) is 4. The zero-order valence-electron chi connectivity index (χ0n) is 12.7. The van der Waals surface area contributed by atoms with E-state index < -0.39 is 11.9 Å². The molecule has 0 radical (unpaired) electrons. The van der Waals surface area contributed by atoms with Crippen LogP contribution >= 0.6 is 11.3 Å². The predicted octanol–water partition coefficient (Wildman–Crippen LogP) is 5.40. The summed E-state index contributed by atoms with van der Waals surface area (Å²) in [6.07, 6.45) is -4.53. The zero-order valence-corrected chi connectivity index (χ0v) is 13.5. The Morgan fingerprint density at radius 2 is 1.79 bits per heavy atom. The number of nitrogens with zero attached hydrogens (tertiary/aromatic N) is 2. The van der Waals surface area contributed by atoms with Crippen LogP contribution in [0.2, 0.25) is 0 Å². The van der Waals surface area contributed by atoms with Crippen molar-refractivity contribution in [1.29, 1.82) is 0 Å². The van der Waals surface area contributed by atoms with E-state index in [4.69, 9.17) is 0 Å². The van der Waals surface area contributed by atoms with Crippen molar-refractivity contribution in [2.24, 2.45) is 0 Å². The summed E-state index contributed by atoms with van der Waals surface area (Å²) in [4.78, 5) is 8.55. The molecule has 3 rings (SSSR count). The standard InChI is InChI=1S/C17H14F3N3S/c1-11(12-6-3-2-4-7-12)21-16-22-13(14-8-5-9-24-14)10-15(23-16)17(18,19)20/h2-11H,1H3,(H,21,22,23)/t11-/m0/s1. The van der Waals surface area contributed by atoms with E-state index in [9.17, 15) is 13.2 Å². The predicted molar refractivity (Wildman–Crippen MR) is 88.8 cm³/mol. The first-order valence-electron chi connectivity index (χ1n) is 7.25. The molecule has 1 N–H and O–H groups in total. The highest BCUT2D eigenvalue weighted by Crippen LogP contribution is 2.33. The monoisotopic (exact) mass is 349 g/mol. The summed E-state index contributed by atoms with van der Waals surface area (Å²) >= 11 is 1.33. The Labute approximate surface area is 141 Å². The topological polar surface area (TPSA) is 37.8 Å². The highest BCUT2D eigenvalue weighted by Gasteiger charge is 2.34. The molecule has 0 aliphatic heterocycles. The second kappa shape index (κ2) is 6.60. The van der Waals surface area contributed by atoms with Crippen LogP contribution < -0.4 is 5.32 Å². The highest BCUT2D eigenvalue weighted by molar-refractivity contribution is 7.13. The minimum absolute atomic E-state index is 0.0374. The smallest absolute Gasteiger partial charge is 0.348 e. The molecular formula is C17H14F3N3S. The Kier molecular flexibility index (Phi) is 4.53. The van der Waals surface area contributed by atoms with E-state index in [1.807, 2.05) is 37.3 Å². The van der Waals surface area contributed by atoms with Crippen LogP contribution in [0.4, 0.5) is 19.1 Å². The number of hydrogen-bond donors (Lipinski definition) is 1. The van der Waals surface area contributed by atoms with Gasteiger partial charge < -0.3 is 5.32 Å². The normalized spacial score (nSPS) is 12.8. The molecule has 2 aromatic heterocycles. The van der Waals surface area contributed by atoms with E-state index in [0.29, 0.717) is 4.88 Å². The summed E-state index contributed by atoms with van der Waals surface area (Å²) in [6, 6.07) is 13.7. The van der Waals surface area contributed by atoms with Gasteiger partial charge in [0, 0.05) is 0 Å². The second-order valence-electron chi connectivity index (χ2n) is 5.21. The molecule has 2 heterocycles. The number of halogens is 3. The average Bonchev–Trinajstić information content (AvgIpc) is 3.09. The number of aromatic nitrogens is 2. The quantitative estimate of drug-likeness (QED) is 0.685. The molecule has 124 valence electrons. The van der Waals surface area contributed by atoms with Crippen molar-refractivity contribution in [2.75, 3.05) is 5.32 Å². The first-order chi connectivity index (χ1) is 11.4. The summed E-state index contributed by atoms with van der Waals surface area (Å²) in [5, 5.41) is 4.75. The van der Waals surface area contributed by atoms with E-state index in [-0.39, 0.29) is 17.7 Å². The van der Waals surface area contributed by atoms with E-state index in [1.54, 1.807) is 17.5 Å². The van der Waals surface area contributed by atoms with Crippen molar-refractivity contribution in [3.63, 3.8) is 0 Å². The van der Waals surface area contributed by atoms with E-state index in [0.717, 1.165) is 11.6 Å². The molecule has 0 spiro atoms. The zero-order chi connectivity index (χ0) is 17.2. The van der Waals surface area contributed by atoms with Gasteiger partial charge in [-0.1, -0.05) is 36.4 Å². The van der Waals surface area contributed by atoms with Gasteiger partial charge in [-0.05, 0) is 30.0 Å². The van der Waals surface area contributed by atoms with Gasteiger partial charge in [0.1, 0.15) is 0 Å². The minimum Gasteiger partial charge on any atom is -0.348 e. The van der Waals surface area contributed by atoms with E-state index in [1.165, 1.54) is 11.3 Å². The van der Waals surface area contributed by atoms with Crippen molar-refractivity contribution >= 4 is 17.3 Å². The maximum absolute atomic E-state index is 13.1. The van der Waals surface area contributed by atoms with Crippen molar-refractivity contribution in [3.05, 3.63) is 65.2 Å². The van der Waals surface area contributed by atoms with Gasteiger partial charge in [-0.2, -0.15) is 13.2 Å². The molecule has 3 aromatic rings. The van der Waals surface area contributed by atoms with Gasteiger partial charge in [0.25, 0.3) is 0 Å². The van der Waals surface area contributed by atoms with Gasteiger partial charge >= 0.3 is 6.18 Å². The Bertz CT molecular complexity index is 802. The number of anilines is 1. The van der Waals surface area contributed by atoms with Crippen molar-refractivity contribution in [2.45, 2.75) is 19.1 Å². The van der Waals surface area contributed by atoms with Gasteiger partial charge in [0.15, 0.2) is 5.69 Å². The Morgan fingerprint density at radius 1 is 1.04 bits per heavy atom. The maximum Gasteiger partial charge on any atom is 0.433 e. The molecule has 0 unspecified atom stereocenters. The van der Waals surface area contributed by atoms with Crippen LogP contribution in [-0.4, -0.2) is 9.97 Å². The maximum atomic E-state index is 13.1. The SMILES string of the molecule is C[C@H](Nc1nc(-c2cccs2)cc(C(F)(F)F)n1)c1ccccc1. The Morgan fingerprint density at radius 3 is 2.42 bits per heavy atom. The van der Waals surface area contributed by atoms with Gasteiger partial charge in [-0.15, -0.1) is 11.3 Å². The highest BCUT2D eigenvalue weighted by atomic mass is 32.1. The lowest BCUT2D eigenvalue weighted by atomic mass is 10.1. The van der Waals surface area contributed by atoms with Crippen LogP contribution in [0.5, 0.6) is 0 Å². The fourth-order valence-corrected chi connectivity index (χ4v) is 2.91. The number of nitrogens with one attached hydrogen (secondary N) is 1. The molecule has 3 nitrogen and oxygen atoms in total. The lowest BCUT2D eigenvalue weighted by Gasteiger charge is -2.16. The molecular weight excluding hydrogens is 335 g/mol. The van der Waals surface area contributed by atoms with Crippen LogP contribution in [-0.2, 0) is 6.18 Å². The number of alkyl halides is 3. The van der Waals surface area contributed by atoms with Crippen molar-refractivity contribution in [3.8, 4) is 10.6 Å². The van der Waals surface area contributed by atoms with Crippen LogP contribution in [0, 0.1) is 0 Å². The van der Waals surface area contributed by atoms with Gasteiger partial charge in [0.05, 0.1) is 16.6 Å². The molecule has 0 amide bonds. The van der Waals surface area contributed by atoms with Gasteiger partial charge in [0.2, 0.25) is 5.95 Å². The molecule has 0 aliphatic rings. The van der Waals surface area contributed by atoms with Crippen LogP contribution in [0.25, 0.3) is 10.6 Å². The van der Waals surface area contributed by atoms with Crippen LogP contribution in [0.15, 0.2) is 53.9 Å². The molecule has 0 saturated carbocycles. The van der Waals surface area contributed by atoms with E-state index in [2.05, 4.69) is 15.3 Å². The first kappa shape index (κ1) is 16.4. The number of benzene rings is 1. The fraction of sp³-hybridized carbons (Fsp3) is 0.176. The van der Waals surface area contributed by atoms with Gasteiger partial charge in [-0.3, -0.25) is 0 Å². The number of rotatable bonds is 4. The lowest BCUT2D eigenvalue weighted by molar-refractivity contribution is -0.141. The van der Waals surface area contributed by atoms with Gasteiger partial charge in [-0.25, -0.2) is 9.97 Å². The van der Waals surface area contributed by atoms with Crippen LogP contribution in [0.3, 0.4) is 0 Å². The molecule has 1 atom stereocenters. The van der Waals surface area contributed by atoms with E-state index >= 15 is 0 Å². The number of thiophene rings is 1. The second-order valence-corrected chi connectivity index (χ2v) is 6.16. The largest absolute Gasteiger partial charge is 0.433 e. The third-order valence-electron chi connectivity index (χ3n) is 3.44. The average molecular weight is 349 g/mol. The Hall–Kier alpha value is -2.41.